The maximum absolute atomic E-state index is 13.9. The van der Waals surface area contributed by atoms with Crippen LogP contribution in [0.25, 0.3) is 0 Å². The van der Waals surface area contributed by atoms with Crippen molar-refractivity contribution in [1.82, 2.24) is 25.2 Å². The number of benzene rings is 2. The van der Waals surface area contributed by atoms with E-state index < -0.39 is 24.2 Å². The molecule has 5 aliphatic rings. The van der Waals surface area contributed by atoms with Crippen LogP contribution in [-0.4, -0.2) is 77.0 Å². The van der Waals surface area contributed by atoms with Crippen molar-refractivity contribution in [2.24, 2.45) is 23.2 Å². The van der Waals surface area contributed by atoms with Crippen LogP contribution >= 0.6 is 11.6 Å². The molecule has 2 aromatic carbocycles. The summed E-state index contributed by atoms with van der Waals surface area (Å²) in [6.45, 7) is 10.3. The molecule has 1 unspecified atom stereocenters. The monoisotopic (exact) mass is 775 g/mol. The number of rotatable bonds is 4. The minimum atomic E-state index is -4.60. The molecule has 1 aromatic heterocycles. The number of ether oxygens (including phenoxy) is 3. The minimum absolute atomic E-state index is 0.0463. The van der Waals surface area contributed by atoms with E-state index in [1.807, 2.05) is 13.8 Å². The Labute approximate surface area is 318 Å². The molecule has 1 saturated carbocycles. The molecule has 294 valence electrons. The second kappa shape index (κ2) is 17.7. The van der Waals surface area contributed by atoms with E-state index >= 15 is 0 Å². The van der Waals surface area contributed by atoms with Gasteiger partial charge in [-0.25, -0.2) is 4.79 Å². The van der Waals surface area contributed by atoms with Crippen molar-refractivity contribution in [3.8, 4) is 11.8 Å². The summed E-state index contributed by atoms with van der Waals surface area (Å²) in [5, 5.41) is 9.23. The summed E-state index contributed by atoms with van der Waals surface area (Å²) >= 11 is 6.58. The molecule has 3 atom stereocenters. The summed E-state index contributed by atoms with van der Waals surface area (Å²) in [5.41, 5.74) is 1.03. The van der Waals surface area contributed by atoms with Gasteiger partial charge in [-0.05, 0) is 84.4 Å². The number of carbonyl (C=O) groups is 2. The zero-order chi connectivity index (χ0) is 39.0. The molecule has 0 radical (unpaired) electrons. The molecular formula is C38H49ClF3N7O5. The highest BCUT2D eigenvalue weighted by atomic mass is 35.5. The summed E-state index contributed by atoms with van der Waals surface area (Å²) in [4.78, 5) is 41.1. The van der Waals surface area contributed by atoms with Crippen molar-refractivity contribution < 1.29 is 37.0 Å². The van der Waals surface area contributed by atoms with Gasteiger partial charge in [0, 0.05) is 37.4 Å². The zero-order valence-electron chi connectivity index (χ0n) is 31.3. The lowest BCUT2D eigenvalue weighted by Gasteiger charge is -2.39. The first-order valence-electron chi connectivity index (χ1n) is 18.2. The Bertz CT molecular complexity index is 1750. The minimum Gasteiger partial charge on any atom is -0.492 e. The molecule has 1 fully saturated rings. The Morgan fingerprint density at radius 2 is 1.81 bits per heavy atom. The standard InChI is InChI=1S/C38H49ClF3N7O5/c1-23(2)28-13-7-24(3)17-31(28)54-36(51)49-15-6-16-52-30-14-8-25(18-29(30)39)19-43-33-46-34(48-35(47-33)53-22-38(40,41)42)45-27-11-9-26(10-12-27)32(50)44-20-37(4,5)21-49/h8-12,14,18,23-24,28,31H,6-7,13,15-17,19-22H2,1-5H3,(H,44,50)(H2,43,45,46,47,48)/t24-,28+,31?/m0/s1. The summed E-state index contributed by atoms with van der Waals surface area (Å²) in [6.07, 6.45) is -1.68. The van der Waals surface area contributed by atoms with Crippen molar-refractivity contribution in [2.45, 2.75) is 79.1 Å². The van der Waals surface area contributed by atoms with Crippen molar-refractivity contribution in [3.05, 3.63) is 58.6 Å². The van der Waals surface area contributed by atoms with E-state index in [1.54, 1.807) is 47.4 Å². The maximum atomic E-state index is 13.9. The van der Waals surface area contributed by atoms with E-state index in [0.29, 0.717) is 59.3 Å². The van der Waals surface area contributed by atoms with Crippen LogP contribution < -0.4 is 25.4 Å². The van der Waals surface area contributed by atoms with E-state index in [2.05, 4.69) is 51.7 Å². The summed E-state index contributed by atoms with van der Waals surface area (Å²) < 4.78 is 55.8. The Balaban J connectivity index is 1.37. The number of alkyl halides is 3. The van der Waals surface area contributed by atoms with Crippen LogP contribution in [0.4, 0.5) is 35.5 Å². The van der Waals surface area contributed by atoms with E-state index in [1.165, 1.54) is 0 Å². The fourth-order valence-corrected chi connectivity index (χ4v) is 6.87. The van der Waals surface area contributed by atoms with Gasteiger partial charge in [0.1, 0.15) is 11.9 Å². The van der Waals surface area contributed by atoms with Gasteiger partial charge in [-0.2, -0.15) is 28.1 Å². The molecular weight excluding hydrogens is 727 g/mol. The van der Waals surface area contributed by atoms with Gasteiger partial charge in [-0.1, -0.05) is 58.7 Å². The van der Waals surface area contributed by atoms with E-state index in [4.69, 9.17) is 25.8 Å². The molecule has 0 spiro atoms. The number of hydrogen-bond donors (Lipinski definition) is 3. The molecule has 8 rings (SSSR count). The van der Waals surface area contributed by atoms with Gasteiger partial charge in [0.15, 0.2) is 6.61 Å². The number of nitrogens with zero attached hydrogens (tertiary/aromatic N) is 4. The fourth-order valence-electron chi connectivity index (χ4n) is 6.61. The van der Waals surface area contributed by atoms with Crippen LogP contribution in [0.1, 0.15) is 76.2 Å². The van der Waals surface area contributed by atoms with Gasteiger partial charge < -0.3 is 35.1 Å². The first-order chi connectivity index (χ1) is 25.5. The molecule has 4 aliphatic heterocycles. The molecule has 2 amide bonds. The predicted octanol–water partition coefficient (Wildman–Crippen LogP) is 8.26. The molecule has 0 saturated heterocycles. The lowest BCUT2D eigenvalue weighted by atomic mass is 9.75. The van der Waals surface area contributed by atoms with E-state index in [0.717, 1.165) is 24.8 Å². The third-order valence-electron chi connectivity index (χ3n) is 9.48. The largest absolute Gasteiger partial charge is 0.492 e. The zero-order valence-corrected chi connectivity index (χ0v) is 32.0. The fraction of sp³-hybridized carbons (Fsp3) is 0.553. The predicted molar refractivity (Wildman–Crippen MR) is 199 cm³/mol. The summed E-state index contributed by atoms with van der Waals surface area (Å²) in [5.74, 6) is 1.15. The van der Waals surface area contributed by atoms with Gasteiger partial charge in [0.05, 0.1) is 11.6 Å². The molecule has 16 heteroatoms. The van der Waals surface area contributed by atoms with Crippen LogP contribution in [-0.2, 0) is 11.3 Å². The third-order valence-corrected chi connectivity index (χ3v) is 9.77. The smallest absolute Gasteiger partial charge is 0.422 e. The molecule has 1 aliphatic carbocycles. The van der Waals surface area contributed by atoms with Crippen LogP contribution in [0, 0.1) is 23.2 Å². The Hall–Kier alpha value is -4.53. The topological polar surface area (TPSA) is 140 Å². The molecule has 3 N–H and O–H groups in total. The number of amides is 2. The highest BCUT2D eigenvalue weighted by Crippen LogP contribution is 2.36. The van der Waals surface area contributed by atoms with Gasteiger partial charge in [-0.3, -0.25) is 4.79 Å². The van der Waals surface area contributed by atoms with Crippen molar-refractivity contribution >= 4 is 41.2 Å². The molecule has 5 heterocycles. The molecule has 54 heavy (non-hydrogen) atoms. The van der Waals surface area contributed by atoms with Crippen LogP contribution in [0.15, 0.2) is 42.5 Å². The highest BCUT2D eigenvalue weighted by molar-refractivity contribution is 6.32. The van der Waals surface area contributed by atoms with Gasteiger partial charge >= 0.3 is 18.3 Å². The Morgan fingerprint density at radius 1 is 1.07 bits per heavy atom. The van der Waals surface area contributed by atoms with Crippen LogP contribution in [0.5, 0.6) is 11.8 Å². The lowest BCUT2D eigenvalue weighted by molar-refractivity contribution is -0.154. The number of halogens is 4. The third kappa shape index (κ3) is 12.0. The van der Waals surface area contributed by atoms with Crippen LogP contribution in [0.3, 0.4) is 0 Å². The number of nitrogens with one attached hydrogen (secondary N) is 3. The maximum Gasteiger partial charge on any atom is 0.422 e. The number of anilines is 3. The Kier molecular flexibility index (Phi) is 13.4. The normalized spacial score (nSPS) is 21.3. The van der Waals surface area contributed by atoms with Crippen molar-refractivity contribution in [1.29, 1.82) is 0 Å². The number of aromatic nitrogens is 3. The summed E-state index contributed by atoms with van der Waals surface area (Å²) in [6, 6.07) is 11.1. The average molecular weight is 776 g/mol. The lowest BCUT2D eigenvalue weighted by Crippen LogP contribution is -2.47. The number of carbonyl (C=O) groups excluding carboxylic acids is 2. The molecule has 12 nitrogen and oxygen atoms in total. The second-order valence-corrected chi connectivity index (χ2v) is 15.6. The second-order valence-electron chi connectivity index (χ2n) is 15.2. The first kappa shape index (κ1) is 40.7. The Morgan fingerprint density at radius 3 is 2.52 bits per heavy atom. The van der Waals surface area contributed by atoms with E-state index in [9.17, 15) is 22.8 Å². The highest BCUT2D eigenvalue weighted by Gasteiger charge is 2.36. The SMILES string of the molecule is CC(C)[C@H]1CC[C@H](C)CC1OC(=O)N1CCCOc2ccc(cc2Cl)CNc2nc(nc(OCC(F)(F)F)n2)Nc2ccc(cc2)C(=O)NCC(C)(C)C1. The van der Waals surface area contributed by atoms with Gasteiger partial charge in [0.2, 0.25) is 11.9 Å². The van der Waals surface area contributed by atoms with E-state index in [-0.39, 0.29) is 49.7 Å². The number of hydrogen-bond acceptors (Lipinski definition) is 10. The first-order valence-corrected chi connectivity index (χ1v) is 18.6. The molecule has 6 bridgehead atoms. The van der Waals surface area contributed by atoms with Crippen molar-refractivity contribution in [2.75, 3.05) is 43.5 Å². The summed E-state index contributed by atoms with van der Waals surface area (Å²) in [7, 11) is 0. The molecule has 3 aromatic rings. The van der Waals surface area contributed by atoms with Crippen LogP contribution in [0.2, 0.25) is 5.02 Å². The van der Waals surface area contributed by atoms with Crippen molar-refractivity contribution in [3.63, 3.8) is 0 Å². The van der Waals surface area contributed by atoms with Gasteiger partial charge in [0.25, 0.3) is 5.91 Å². The van der Waals surface area contributed by atoms with Gasteiger partial charge in [-0.15, -0.1) is 0 Å². The average Bonchev–Trinajstić information content (AvgIpc) is 3.10. The quantitative estimate of drug-likeness (QED) is 0.237.